The monoisotopic (exact) mass is 144 g/mol. The Kier molecular flexibility index (Phi) is 3.54. The normalized spacial score (nSPS) is 12.7. The molecule has 0 aliphatic heterocycles. The largest absolute Gasteiger partial charge is 0.506 e. The van der Waals surface area contributed by atoms with Crippen LogP contribution < -0.4 is 0 Å². The minimum Gasteiger partial charge on any atom is -0.450 e. The minimum absolute atomic E-state index is 0.147. The van der Waals surface area contributed by atoms with E-state index in [1.165, 1.54) is 6.08 Å². The zero-order chi connectivity index (χ0) is 8.15. The van der Waals surface area contributed by atoms with Crippen LogP contribution in [0, 0.1) is 5.92 Å². The Morgan fingerprint density at radius 3 is 2.30 bits per heavy atom. The topological polar surface area (TPSA) is 46.5 Å². The molecule has 58 valence electrons. The lowest BCUT2D eigenvalue weighted by atomic mass is 10.1. The van der Waals surface area contributed by atoms with Crippen molar-refractivity contribution in [1.82, 2.24) is 0 Å². The maximum Gasteiger partial charge on any atom is 0.506 e. The van der Waals surface area contributed by atoms with Crippen molar-refractivity contribution in [2.45, 2.75) is 20.0 Å². The molecule has 0 amide bonds. The second-order valence-electron chi connectivity index (χ2n) is 2.33. The highest BCUT2D eigenvalue weighted by molar-refractivity contribution is 5.57. The predicted molar refractivity (Wildman–Crippen MR) is 37.9 cm³/mol. The number of carbonyl (C=O) groups is 1. The quantitative estimate of drug-likeness (QED) is 0.486. The van der Waals surface area contributed by atoms with Crippen LogP contribution in [-0.2, 0) is 4.74 Å². The molecule has 3 heteroatoms. The van der Waals surface area contributed by atoms with Crippen LogP contribution in [0.15, 0.2) is 12.7 Å². The zero-order valence-corrected chi connectivity index (χ0v) is 6.20. The second kappa shape index (κ2) is 3.93. The number of hydrogen-bond acceptors (Lipinski definition) is 2. The lowest BCUT2D eigenvalue weighted by Gasteiger charge is -2.14. The highest BCUT2D eigenvalue weighted by atomic mass is 16.7. The van der Waals surface area contributed by atoms with Gasteiger partial charge in [0, 0.05) is 0 Å². The molecule has 0 aliphatic carbocycles. The Morgan fingerprint density at radius 1 is 1.70 bits per heavy atom. The predicted octanol–water partition coefficient (Wildman–Crippen LogP) is 1.89. The second-order valence-corrected chi connectivity index (χ2v) is 2.33. The summed E-state index contributed by atoms with van der Waals surface area (Å²) in [5.41, 5.74) is 0. The van der Waals surface area contributed by atoms with Crippen LogP contribution in [0.2, 0.25) is 0 Å². The highest BCUT2D eigenvalue weighted by Crippen LogP contribution is 2.06. The lowest BCUT2D eigenvalue weighted by Crippen LogP contribution is -2.19. The Labute approximate surface area is 60.3 Å². The molecule has 10 heavy (non-hydrogen) atoms. The van der Waals surface area contributed by atoms with Crippen molar-refractivity contribution < 1.29 is 14.6 Å². The van der Waals surface area contributed by atoms with E-state index < -0.39 is 12.3 Å². The number of ether oxygens (including phenoxy) is 1. The summed E-state index contributed by atoms with van der Waals surface area (Å²) in [6.07, 6.45) is -0.158. The Hall–Kier alpha value is -0.990. The average molecular weight is 144 g/mol. The van der Waals surface area contributed by atoms with Gasteiger partial charge in [0.1, 0.15) is 6.10 Å². The van der Waals surface area contributed by atoms with Gasteiger partial charge in [0.2, 0.25) is 0 Å². The van der Waals surface area contributed by atoms with Crippen LogP contribution in [-0.4, -0.2) is 17.4 Å². The molecule has 1 N–H and O–H groups in total. The number of carboxylic acid groups (broad SMARTS) is 1. The number of hydrogen-bond donors (Lipinski definition) is 1. The molecule has 0 aromatic carbocycles. The number of rotatable bonds is 3. The van der Waals surface area contributed by atoms with E-state index in [4.69, 9.17) is 5.11 Å². The van der Waals surface area contributed by atoms with E-state index in [0.717, 1.165) is 0 Å². The van der Waals surface area contributed by atoms with Crippen LogP contribution in [0.4, 0.5) is 4.79 Å². The van der Waals surface area contributed by atoms with Gasteiger partial charge in [-0.15, -0.1) is 0 Å². The first-order valence-electron chi connectivity index (χ1n) is 3.10. The van der Waals surface area contributed by atoms with Gasteiger partial charge in [-0.25, -0.2) is 4.79 Å². The molecule has 0 aromatic heterocycles. The summed E-state index contributed by atoms with van der Waals surface area (Å²) < 4.78 is 4.46. The van der Waals surface area contributed by atoms with Gasteiger partial charge in [-0.2, -0.15) is 0 Å². The van der Waals surface area contributed by atoms with Crippen LogP contribution in [0.5, 0.6) is 0 Å². The third-order valence-corrected chi connectivity index (χ3v) is 1.13. The Balaban J connectivity index is 3.83. The van der Waals surface area contributed by atoms with Crippen molar-refractivity contribution in [3.63, 3.8) is 0 Å². The molecule has 0 saturated carbocycles. The molecule has 0 radical (unpaired) electrons. The van der Waals surface area contributed by atoms with Crippen LogP contribution in [0.1, 0.15) is 13.8 Å². The van der Waals surface area contributed by atoms with Gasteiger partial charge in [-0.05, 0) is 5.92 Å². The van der Waals surface area contributed by atoms with E-state index in [9.17, 15) is 4.79 Å². The van der Waals surface area contributed by atoms with Gasteiger partial charge >= 0.3 is 6.16 Å². The Bertz CT molecular complexity index is 129. The molecular formula is C7H12O3. The summed E-state index contributed by atoms with van der Waals surface area (Å²) in [4.78, 5) is 10.0. The fourth-order valence-corrected chi connectivity index (χ4v) is 0.573. The van der Waals surface area contributed by atoms with E-state index in [-0.39, 0.29) is 5.92 Å². The standard InChI is InChI=1S/C7H12O3/c1-4-6(5(2)3)10-7(8)9/h4-6H,1H2,2-3H3,(H,8,9). The van der Waals surface area contributed by atoms with Gasteiger partial charge in [-0.3, -0.25) is 0 Å². The summed E-state index contributed by atoms with van der Waals surface area (Å²) in [5, 5.41) is 8.19. The minimum atomic E-state index is -1.25. The van der Waals surface area contributed by atoms with Crippen molar-refractivity contribution in [1.29, 1.82) is 0 Å². The molecule has 0 aromatic rings. The third-order valence-electron chi connectivity index (χ3n) is 1.13. The molecule has 0 fully saturated rings. The van der Waals surface area contributed by atoms with Crippen molar-refractivity contribution in [3.8, 4) is 0 Å². The first-order valence-corrected chi connectivity index (χ1v) is 3.10. The van der Waals surface area contributed by atoms with Crippen molar-refractivity contribution in [2.24, 2.45) is 5.92 Å². The fraction of sp³-hybridized carbons (Fsp3) is 0.571. The van der Waals surface area contributed by atoms with Gasteiger partial charge < -0.3 is 9.84 Å². The van der Waals surface area contributed by atoms with Crippen molar-refractivity contribution in [3.05, 3.63) is 12.7 Å². The maximum atomic E-state index is 10.0. The molecule has 0 bridgehead atoms. The summed E-state index contributed by atoms with van der Waals surface area (Å²) in [6.45, 7) is 7.19. The molecular weight excluding hydrogens is 132 g/mol. The summed E-state index contributed by atoms with van der Waals surface area (Å²) in [5.74, 6) is 0.147. The summed E-state index contributed by atoms with van der Waals surface area (Å²) >= 11 is 0. The van der Waals surface area contributed by atoms with Crippen molar-refractivity contribution in [2.75, 3.05) is 0 Å². The Morgan fingerprint density at radius 2 is 2.20 bits per heavy atom. The maximum absolute atomic E-state index is 10.0. The zero-order valence-electron chi connectivity index (χ0n) is 6.20. The highest BCUT2D eigenvalue weighted by Gasteiger charge is 2.12. The van der Waals surface area contributed by atoms with E-state index in [2.05, 4.69) is 11.3 Å². The SMILES string of the molecule is C=CC(OC(=O)O)C(C)C. The van der Waals surface area contributed by atoms with E-state index in [1.54, 1.807) is 0 Å². The summed E-state index contributed by atoms with van der Waals surface area (Å²) in [7, 11) is 0. The van der Waals surface area contributed by atoms with Gasteiger partial charge in [0.25, 0.3) is 0 Å². The third kappa shape index (κ3) is 3.12. The van der Waals surface area contributed by atoms with Gasteiger partial charge in [0.15, 0.2) is 0 Å². The van der Waals surface area contributed by atoms with Gasteiger partial charge in [0.05, 0.1) is 0 Å². The first kappa shape index (κ1) is 9.01. The average Bonchev–Trinajstić information content (AvgIpc) is 1.81. The van der Waals surface area contributed by atoms with E-state index >= 15 is 0 Å². The molecule has 0 spiro atoms. The van der Waals surface area contributed by atoms with Crippen LogP contribution >= 0.6 is 0 Å². The smallest absolute Gasteiger partial charge is 0.450 e. The molecule has 3 nitrogen and oxygen atoms in total. The fourth-order valence-electron chi connectivity index (χ4n) is 0.573. The molecule has 1 atom stereocenters. The van der Waals surface area contributed by atoms with Crippen LogP contribution in [0.25, 0.3) is 0 Å². The molecule has 0 heterocycles. The van der Waals surface area contributed by atoms with Gasteiger partial charge in [-0.1, -0.05) is 26.5 Å². The summed E-state index contributed by atoms with van der Waals surface area (Å²) in [6, 6.07) is 0. The van der Waals surface area contributed by atoms with E-state index in [1.807, 2.05) is 13.8 Å². The molecule has 0 saturated heterocycles. The van der Waals surface area contributed by atoms with Crippen LogP contribution in [0.3, 0.4) is 0 Å². The molecule has 1 unspecified atom stereocenters. The molecule has 0 aliphatic rings. The first-order chi connectivity index (χ1) is 4.57. The molecule has 0 rings (SSSR count). The lowest BCUT2D eigenvalue weighted by molar-refractivity contribution is 0.0528. The van der Waals surface area contributed by atoms with Crippen molar-refractivity contribution >= 4 is 6.16 Å². The van der Waals surface area contributed by atoms with E-state index in [0.29, 0.717) is 0 Å².